The zero-order valence-corrected chi connectivity index (χ0v) is 20.8. The number of hydrazine groups is 1. The molecule has 0 spiro atoms. The lowest BCUT2D eigenvalue weighted by molar-refractivity contribution is -0.247. The second-order valence-corrected chi connectivity index (χ2v) is 9.88. The van der Waals surface area contributed by atoms with E-state index < -0.39 is 46.8 Å². The number of rotatable bonds is 3. The monoisotopic (exact) mass is 540 g/mol. The van der Waals surface area contributed by atoms with Crippen molar-refractivity contribution in [1.82, 2.24) is 10.0 Å². The van der Waals surface area contributed by atoms with Crippen molar-refractivity contribution < 1.29 is 37.0 Å². The number of benzene rings is 2. The first-order valence-electron chi connectivity index (χ1n) is 11.4. The van der Waals surface area contributed by atoms with Crippen LogP contribution in [0.25, 0.3) is 0 Å². The quantitative estimate of drug-likeness (QED) is 0.593. The van der Waals surface area contributed by atoms with Gasteiger partial charge in [-0.2, -0.15) is 13.2 Å². The standard InChI is InChI=1S/C24H24ClF3N4O5/c1-23(2)36-18-17-11-31(3)32(21(35-17)19(18)37-23)22(34)30-13-6-4-5-12(9-13)20(33)29-14-7-8-16(25)15(10-14)24(26,27)28/h4-10,17-19,21H,11H2,1-3H3,(H,29,33)(H,30,34)/t17-,18-,19-,21-/m1/s1. The predicted molar refractivity (Wildman–Crippen MR) is 127 cm³/mol. The molecule has 198 valence electrons. The van der Waals surface area contributed by atoms with E-state index in [0.29, 0.717) is 12.2 Å². The Labute approximate surface area is 215 Å². The number of ether oxygens (including phenoxy) is 3. The van der Waals surface area contributed by atoms with Gasteiger partial charge in [0.1, 0.15) is 18.3 Å². The molecule has 0 saturated carbocycles. The molecule has 2 aromatic carbocycles. The summed E-state index contributed by atoms with van der Waals surface area (Å²) in [5, 5.41) is 7.83. The van der Waals surface area contributed by atoms with Gasteiger partial charge in [0.05, 0.1) is 10.6 Å². The average molecular weight is 541 g/mol. The molecule has 0 unspecified atom stereocenters. The maximum absolute atomic E-state index is 13.2. The van der Waals surface area contributed by atoms with E-state index in [-0.39, 0.29) is 23.5 Å². The fourth-order valence-electron chi connectivity index (χ4n) is 4.76. The van der Waals surface area contributed by atoms with Gasteiger partial charge >= 0.3 is 12.2 Å². The fourth-order valence-corrected chi connectivity index (χ4v) is 4.98. The van der Waals surface area contributed by atoms with Gasteiger partial charge in [0, 0.05) is 30.5 Å². The molecule has 3 amide bonds. The van der Waals surface area contributed by atoms with Crippen LogP contribution in [0.15, 0.2) is 42.5 Å². The number of nitrogens with zero attached hydrogens (tertiary/aromatic N) is 2. The summed E-state index contributed by atoms with van der Waals surface area (Å²) in [5.74, 6) is -1.45. The van der Waals surface area contributed by atoms with Crippen LogP contribution in [0, 0.1) is 0 Å². The van der Waals surface area contributed by atoms with Gasteiger partial charge < -0.3 is 24.8 Å². The Bertz CT molecular complexity index is 1240. The van der Waals surface area contributed by atoms with Gasteiger partial charge in [-0.1, -0.05) is 17.7 Å². The molecular weight excluding hydrogens is 517 g/mol. The maximum atomic E-state index is 13.2. The molecule has 37 heavy (non-hydrogen) atoms. The van der Waals surface area contributed by atoms with Crippen LogP contribution in [0.3, 0.4) is 0 Å². The summed E-state index contributed by atoms with van der Waals surface area (Å²) in [6.07, 6.45) is -6.39. The van der Waals surface area contributed by atoms with Gasteiger partial charge in [-0.05, 0) is 50.2 Å². The lowest BCUT2D eigenvalue weighted by atomic mass is 10.1. The second-order valence-electron chi connectivity index (χ2n) is 9.47. The number of carbonyl (C=O) groups is 2. The molecule has 9 nitrogen and oxygen atoms in total. The van der Waals surface area contributed by atoms with Crippen molar-refractivity contribution >= 4 is 34.9 Å². The Balaban J connectivity index is 1.29. The molecule has 0 radical (unpaired) electrons. The summed E-state index contributed by atoms with van der Waals surface area (Å²) in [7, 11) is 1.75. The SMILES string of the molecule is CN1C[C@H]2O[C@H]([C@@H]3OC(C)(C)O[C@@H]32)N1C(=O)Nc1cccc(C(=O)Nc2ccc(Cl)c(C(F)(F)F)c2)c1. The predicted octanol–water partition coefficient (Wildman–Crippen LogP) is 4.55. The van der Waals surface area contributed by atoms with Crippen molar-refractivity contribution in [3.05, 3.63) is 58.6 Å². The zero-order valence-electron chi connectivity index (χ0n) is 20.0. The molecule has 3 fully saturated rings. The Hall–Kier alpha value is -2.90. The summed E-state index contributed by atoms with van der Waals surface area (Å²) in [5.41, 5.74) is -0.703. The van der Waals surface area contributed by atoms with E-state index in [0.717, 1.165) is 12.1 Å². The maximum Gasteiger partial charge on any atom is 0.417 e. The van der Waals surface area contributed by atoms with Gasteiger partial charge in [-0.3, -0.25) is 4.79 Å². The van der Waals surface area contributed by atoms with Crippen molar-refractivity contribution in [1.29, 1.82) is 0 Å². The highest BCUT2D eigenvalue weighted by molar-refractivity contribution is 6.31. The molecule has 3 heterocycles. The van der Waals surface area contributed by atoms with E-state index in [4.69, 9.17) is 25.8 Å². The Morgan fingerprint density at radius 3 is 2.49 bits per heavy atom. The summed E-state index contributed by atoms with van der Waals surface area (Å²) in [6, 6.07) is 8.60. The lowest BCUT2D eigenvalue weighted by Gasteiger charge is -2.42. The van der Waals surface area contributed by atoms with Gasteiger partial charge in [0.2, 0.25) is 0 Å². The number of amides is 3. The first-order chi connectivity index (χ1) is 17.3. The molecule has 3 aliphatic heterocycles. The minimum Gasteiger partial charge on any atom is -0.346 e. The van der Waals surface area contributed by atoms with E-state index in [9.17, 15) is 22.8 Å². The highest BCUT2D eigenvalue weighted by atomic mass is 35.5. The van der Waals surface area contributed by atoms with Gasteiger partial charge in [0.15, 0.2) is 12.0 Å². The van der Waals surface area contributed by atoms with Crippen molar-refractivity contribution in [2.24, 2.45) is 0 Å². The highest BCUT2D eigenvalue weighted by Gasteiger charge is 2.61. The minimum atomic E-state index is -4.67. The minimum absolute atomic E-state index is 0.0738. The van der Waals surface area contributed by atoms with E-state index >= 15 is 0 Å². The second kappa shape index (κ2) is 9.14. The van der Waals surface area contributed by atoms with Gasteiger partial charge in [0.25, 0.3) is 5.91 Å². The van der Waals surface area contributed by atoms with Crippen molar-refractivity contribution in [3.8, 4) is 0 Å². The van der Waals surface area contributed by atoms with Crippen LogP contribution in [0.2, 0.25) is 5.02 Å². The molecular formula is C24H24ClF3N4O5. The smallest absolute Gasteiger partial charge is 0.346 e. The summed E-state index contributed by atoms with van der Waals surface area (Å²) in [6.45, 7) is 4.02. The van der Waals surface area contributed by atoms with Gasteiger partial charge in [-0.15, -0.1) is 0 Å². The largest absolute Gasteiger partial charge is 0.417 e. The third-order valence-corrected chi connectivity index (χ3v) is 6.62. The number of alkyl halides is 3. The molecule has 0 aliphatic carbocycles. The Morgan fingerprint density at radius 1 is 1.05 bits per heavy atom. The Morgan fingerprint density at radius 2 is 1.76 bits per heavy atom. The summed E-state index contributed by atoms with van der Waals surface area (Å²) in [4.78, 5) is 26.0. The van der Waals surface area contributed by atoms with Crippen LogP contribution < -0.4 is 10.6 Å². The molecule has 2 bridgehead atoms. The number of likely N-dealkylation sites (N-methyl/N-ethyl adjacent to an activating group) is 1. The number of urea groups is 1. The van der Waals surface area contributed by atoms with Crippen LogP contribution in [-0.4, -0.2) is 65.9 Å². The molecule has 3 saturated heterocycles. The molecule has 5 rings (SSSR count). The molecule has 0 aromatic heterocycles. The molecule has 4 atom stereocenters. The van der Waals surface area contributed by atoms with E-state index in [2.05, 4.69) is 10.6 Å². The molecule has 13 heteroatoms. The van der Waals surface area contributed by atoms with Crippen LogP contribution in [-0.2, 0) is 20.4 Å². The first kappa shape index (κ1) is 25.7. The van der Waals surface area contributed by atoms with Crippen molar-refractivity contribution in [2.45, 2.75) is 50.4 Å². The van der Waals surface area contributed by atoms with Crippen molar-refractivity contribution in [3.63, 3.8) is 0 Å². The van der Waals surface area contributed by atoms with Crippen LogP contribution in [0.4, 0.5) is 29.3 Å². The van der Waals surface area contributed by atoms with Crippen LogP contribution >= 0.6 is 11.6 Å². The van der Waals surface area contributed by atoms with E-state index in [1.165, 1.54) is 23.2 Å². The number of anilines is 2. The van der Waals surface area contributed by atoms with E-state index in [1.807, 2.05) is 0 Å². The number of halogens is 4. The topological polar surface area (TPSA) is 92.4 Å². The van der Waals surface area contributed by atoms with E-state index in [1.54, 1.807) is 38.0 Å². The number of hydrogen-bond donors (Lipinski definition) is 2. The number of fused-ring (bicyclic) bond motifs is 5. The zero-order chi connectivity index (χ0) is 26.7. The van der Waals surface area contributed by atoms with Crippen LogP contribution in [0.5, 0.6) is 0 Å². The number of nitrogens with one attached hydrogen (secondary N) is 2. The number of carbonyl (C=O) groups excluding carboxylic acids is 2. The molecule has 2 N–H and O–H groups in total. The lowest BCUT2D eigenvalue weighted by Crippen LogP contribution is -2.59. The average Bonchev–Trinajstić information content (AvgIpc) is 3.26. The summed E-state index contributed by atoms with van der Waals surface area (Å²) >= 11 is 5.64. The third-order valence-electron chi connectivity index (χ3n) is 6.29. The Kier molecular flexibility index (Phi) is 6.35. The normalized spacial score (nSPS) is 26.6. The fraction of sp³-hybridized carbons (Fsp3) is 0.417. The summed E-state index contributed by atoms with van der Waals surface area (Å²) < 4.78 is 57.4. The van der Waals surface area contributed by atoms with Crippen LogP contribution in [0.1, 0.15) is 29.8 Å². The third kappa shape index (κ3) is 4.99. The first-order valence-corrected chi connectivity index (χ1v) is 11.8. The van der Waals surface area contributed by atoms with Gasteiger partial charge in [-0.25, -0.2) is 14.8 Å². The highest BCUT2D eigenvalue weighted by Crippen LogP contribution is 2.42. The van der Waals surface area contributed by atoms with Crippen molar-refractivity contribution in [2.75, 3.05) is 24.2 Å². The molecule has 3 aliphatic rings. The molecule has 2 aromatic rings. The number of hydrogen-bond acceptors (Lipinski definition) is 6.